The summed E-state index contributed by atoms with van der Waals surface area (Å²) in [5.74, 6) is 0. The lowest BCUT2D eigenvalue weighted by molar-refractivity contribution is 0.282. The molecule has 27 heavy (non-hydrogen) atoms. The fraction of sp³-hybridized carbons (Fsp3) is 0.957. The van der Waals surface area contributed by atoms with Crippen LogP contribution in [0, 0.1) is 0 Å². The van der Waals surface area contributed by atoms with Gasteiger partial charge in [0.2, 0.25) is 0 Å². The van der Waals surface area contributed by atoms with Gasteiger partial charge in [0.15, 0.2) is 0 Å². The zero-order chi connectivity index (χ0) is 19.8. The van der Waals surface area contributed by atoms with Crippen LogP contribution in [0.2, 0.25) is 0 Å². The molecule has 162 valence electrons. The summed E-state index contributed by atoms with van der Waals surface area (Å²) in [5, 5.41) is 11.8. The number of aliphatic hydroxyl groups excluding tert-OH is 1. The summed E-state index contributed by atoms with van der Waals surface area (Å²) < 4.78 is 0.622. The molecule has 2 N–H and O–H groups in total. The van der Waals surface area contributed by atoms with E-state index in [1.807, 2.05) is 0 Å². The Morgan fingerprint density at radius 3 is 1.04 bits per heavy atom. The highest BCUT2D eigenvalue weighted by Crippen LogP contribution is 2.14. The SMILES string of the molecule is OCCCCCCCCCCCCCCCCCCCCCCNC(=S)S. The topological polar surface area (TPSA) is 32.3 Å². The van der Waals surface area contributed by atoms with E-state index in [-0.39, 0.29) is 0 Å². The highest BCUT2D eigenvalue weighted by atomic mass is 32.1. The van der Waals surface area contributed by atoms with Crippen molar-refractivity contribution < 1.29 is 5.11 Å². The number of hydrogen-bond acceptors (Lipinski definition) is 2. The predicted octanol–water partition coefficient (Wildman–Crippen LogP) is 7.59. The first kappa shape index (κ1) is 27.2. The molecule has 0 aliphatic rings. The van der Waals surface area contributed by atoms with E-state index < -0.39 is 0 Å². The average Bonchev–Trinajstić information content (AvgIpc) is 2.65. The van der Waals surface area contributed by atoms with E-state index in [4.69, 9.17) is 17.3 Å². The van der Waals surface area contributed by atoms with Gasteiger partial charge in [0.25, 0.3) is 0 Å². The van der Waals surface area contributed by atoms with Gasteiger partial charge in [-0.05, 0) is 12.8 Å². The van der Waals surface area contributed by atoms with Crippen LogP contribution in [0.5, 0.6) is 0 Å². The highest BCUT2D eigenvalue weighted by molar-refractivity contribution is 8.11. The van der Waals surface area contributed by atoms with Crippen LogP contribution in [-0.2, 0) is 0 Å². The monoisotopic (exact) mass is 417 g/mol. The van der Waals surface area contributed by atoms with Gasteiger partial charge in [-0.25, -0.2) is 0 Å². The third-order valence-electron chi connectivity index (χ3n) is 5.36. The molecule has 0 aromatic rings. The quantitative estimate of drug-likeness (QED) is 0.0963. The zero-order valence-corrected chi connectivity index (χ0v) is 19.6. The Kier molecular flexibility index (Phi) is 24.4. The number of thiocarbonyl (C=S) groups is 1. The van der Waals surface area contributed by atoms with Gasteiger partial charge in [0, 0.05) is 13.2 Å². The molecule has 0 saturated carbocycles. The molecule has 0 aliphatic heterocycles. The third kappa shape index (κ3) is 26.2. The van der Waals surface area contributed by atoms with Gasteiger partial charge in [-0.3, -0.25) is 0 Å². The van der Waals surface area contributed by atoms with Crippen LogP contribution < -0.4 is 5.32 Å². The minimum Gasteiger partial charge on any atom is -0.396 e. The Balaban J connectivity index is 2.98. The van der Waals surface area contributed by atoms with E-state index in [1.165, 1.54) is 122 Å². The molecule has 0 heterocycles. The molecule has 0 aromatic heterocycles. The average molecular weight is 418 g/mol. The number of unbranched alkanes of at least 4 members (excludes halogenated alkanes) is 19. The first-order valence-corrected chi connectivity index (χ1v) is 12.7. The molecule has 0 rings (SSSR count). The number of aliphatic hydroxyl groups is 1. The number of rotatable bonds is 22. The molecule has 0 fully saturated rings. The van der Waals surface area contributed by atoms with E-state index >= 15 is 0 Å². The van der Waals surface area contributed by atoms with E-state index in [9.17, 15) is 0 Å². The van der Waals surface area contributed by atoms with Gasteiger partial charge in [-0.1, -0.05) is 128 Å². The van der Waals surface area contributed by atoms with Crippen molar-refractivity contribution in [2.75, 3.05) is 13.2 Å². The van der Waals surface area contributed by atoms with Gasteiger partial charge in [-0.2, -0.15) is 0 Å². The second-order valence-corrected chi connectivity index (χ2v) is 9.18. The fourth-order valence-electron chi connectivity index (χ4n) is 3.61. The summed E-state index contributed by atoms with van der Waals surface area (Å²) >= 11 is 8.93. The van der Waals surface area contributed by atoms with E-state index in [1.54, 1.807) is 0 Å². The van der Waals surface area contributed by atoms with Crippen molar-refractivity contribution in [2.24, 2.45) is 0 Å². The summed E-state index contributed by atoms with van der Waals surface area (Å²) in [5.41, 5.74) is 0. The van der Waals surface area contributed by atoms with Crippen molar-refractivity contribution in [3.8, 4) is 0 Å². The smallest absolute Gasteiger partial charge is 0.130 e. The van der Waals surface area contributed by atoms with Crippen LogP contribution in [0.1, 0.15) is 128 Å². The van der Waals surface area contributed by atoms with Crippen LogP contribution >= 0.6 is 24.8 Å². The Hall–Kier alpha value is 0.200. The van der Waals surface area contributed by atoms with Crippen molar-refractivity contribution in [1.82, 2.24) is 5.32 Å². The fourth-order valence-corrected chi connectivity index (χ4v) is 3.83. The predicted molar refractivity (Wildman–Crippen MR) is 129 cm³/mol. The Bertz CT molecular complexity index is 300. The van der Waals surface area contributed by atoms with Crippen LogP contribution in [0.25, 0.3) is 0 Å². The summed E-state index contributed by atoms with van der Waals surface area (Å²) in [6.07, 6.45) is 27.3. The van der Waals surface area contributed by atoms with Crippen LogP contribution in [-0.4, -0.2) is 22.6 Å². The molecule has 0 spiro atoms. The molecule has 0 saturated heterocycles. The van der Waals surface area contributed by atoms with Crippen molar-refractivity contribution >= 4 is 29.2 Å². The lowest BCUT2D eigenvalue weighted by atomic mass is 10.0. The van der Waals surface area contributed by atoms with Crippen molar-refractivity contribution in [2.45, 2.75) is 128 Å². The largest absolute Gasteiger partial charge is 0.396 e. The van der Waals surface area contributed by atoms with Crippen molar-refractivity contribution in [3.63, 3.8) is 0 Å². The molecule has 0 bridgehead atoms. The standard InChI is InChI=1S/C23H47NOS2/c25-22-20-18-16-14-12-10-8-6-4-2-1-3-5-7-9-11-13-15-17-19-21-24-23(26)27/h25H,1-22H2,(H2,24,26,27). The number of thiol groups is 1. The minimum absolute atomic E-state index is 0.367. The van der Waals surface area contributed by atoms with E-state index in [0.717, 1.165) is 13.0 Å². The molecule has 0 atom stereocenters. The number of nitrogens with one attached hydrogen (secondary N) is 1. The number of hydrogen-bond donors (Lipinski definition) is 3. The van der Waals surface area contributed by atoms with Gasteiger partial charge < -0.3 is 10.4 Å². The van der Waals surface area contributed by atoms with Gasteiger partial charge >= 0.3 is 0 Å². The molecule has 2 nitrogen and oxygen atoms in total. The molecule has 4 heteroatoms. The molecule has 0 radical (unpaired) electrons. The molecule has 0 aromatic carbocycles. The van der Waals surface area contributed by atoms with E-state index in [2.05, 4.69) is 17.9 Å². The summed E-state index contributed by atoms with van der Waals surface area (Å²) in [7, 11) is 0. The molecular weight excluding hydrogens is 370 g/mol. The summed E-state index contributed by atoms with van der Waals surface area (Å²) in [6, 6.07) is 0. The second kappa shape index (κ2) is 24.2. The van der Waals surface area contributed by atoms with Crippen molar-refractivity contribution in [3.05, 3.63) is 0 Å². The zero-order valence-electron chi connectivity index (χ0n) is 17.9. The lowest BCUT2D eigenvalue weighted by Crippen LogP contribution is -2.17. The highest BCUT2D eigenvalue weighted by Gasteiger charge is 1.95. The van der Waals surface area contributed by atoms with Crippen LogP contribution in [0.15, 0.2) is 0 Å². The van der Waals surface area contributed by atoms with E-state index in [0.29, 0.717) is 10.9 Å². The Morgan fingerprint density at radius 1 is 0.519 bits per heavy atom. The first-order chi connectivity index (χ1) is 13.3. The Morgan fingerprint density at radius 2 is 0.778 bits per heavy atom. The third-order valence-corrected chi connectivity index (χ3v) is 5.66. The maximum Gasteiger partial charge on any atom is 0.130 e. The lowest BCUT2D eigenvalue weighted by Gasteiger charge is -2.04. The maximum absolute atomic E-state index is 8.73. The minimum atomic E-state index is 0.367. The summed E-state index contributed by atoms with van der Waals surface area (Å²) in [6.45, 7) is 1.35. The van der Waals surface area contributed by atoms with Crippen LogP contribution in [0.4, 0.5) is 0 Å². The van der Waals surface area contributed by atoms with Crippen LogP contribution in [0.3, 0.4) is 0 Å². The van der Waals surface area contributed by atoms with Gasteiger partial charge in [0.1, 0.15) is 4.32 Å². The first-order valence-electron chi connectivity index (χ1n) is 11.8. The normalized spacial score (nSPS) is 11.0. The molecule has 0 unspecified atom stereocenters. The van der Waals surface area contributed by atoms with Crippen molar-refractivity contribution in [1.29, 1.82) is 0 Å². The molecule has 0 aliphatic carbocycles. The summed E-state index contributed by atoms with van der Waals surface area (Å²) in [4.78, 5) is 0. The Labute approximate surface area is 181 Å². The maximum atomic E-state index is 8.73. The molecule has 0 amide bonds. The van der Waals surface area contributed by atoms with Gasteiger partial charge in [0.05, 0.1) is 0 Å². The molecular formula is C23H47NOS2. The van der Waals surface area contributed by atoms with Gasteiger partial charge in [-0.15, -0.1) is 12.6 Å². The second-order valence-electron chi connectivity index (χ2n) is 8.03.